The third-order valence-corrected chi connectivity index (χ3v) is 4.21. The van der Waals surface area contributed by atoms with Gasteiger partial charge in [0.25, 0.3) is 11.8 Å². The van der Waals surface area contributed by atoms with Crippen LogP contribution >= 0.6 is 0 Å². The van der Waals surface area contributed by atoms with Crippen molar-refractivity contribution in [3.05, 3.63) is 18.0 Å². The molecular weight excluding hydrogens is 306 g/mol. The molecule has 23 heavy (non-hydrogen) atoms. The van der Waals surface area contributed by atoms with E-state index in [0.717, 1.165) is 5.69 Å². The number of morpholine rings is 1. The molecular formula is C15H20F2N4O2. The second-order valence-corrected chi connectivity index (χ2v) is 5.98. The van der Waals surface area contributed by atoms with Crippen molar-refractivity contribution in [1.29, 1.82) is 0 Å². The van der Waals surface area contributed by atoms with E-state index in [1.807, 2.05) is 11.8 Å². The van der Waals surface area contributed by atoms with Crippen LogP contribution in [-0.4, -0.2) is 65.6 Å². The van der Waals surface area contributed by atoms with Crippen molar-refractivity contribution in [1.82, 2.24) is 14.9 Å². The number of amides is 1. The fraction of sp³-hybridized carbons (Fsp3) is 0.667. The molecule has 2 aliphatic rings. The number of rotatable bonds is 2. The van der Waals surface area contributed by atoms with Gasteiger partial charge in [-0.1, -0.05) is 0 Å². The minimum Gasteiger partial charge on any atom is -0.365 e. The molecule has 126 valence electrons. The van der Waals surface area contributed by atoms with E-state index >= 15 is 0 Å². The lowest BCUT2D eigenvalue weighted by atomic mass is 10.1. The second-order valence-electron chi connectivity index (χ2n) is 5.98. The van der Waals surface area contributed by atoms with Gasteiger partial charge in [0.1, 0.15) is 0 Å². The van der Waals surface area contributed by atoms with Gasteiger partial charge in [-0.3, -0.25) is 4.79 Å². The van der Waals surface area contributed by atoms with Crippen molar-refractivity contribution in [3.63, 3.8) is 0 Å². The molecule has 0 saturated carbocycles. The number of alkyl halides is 2. The third kappa shape index (κ3) is 3.74. The van der Waals surface area contributed by atoms with E-state index in [9.17, 15) is 13.6 Å². The van der Waals surface area contributed by atoms with Gasteiger partial charge in [0, 0.05) is 44.4 Å². The standard InChI is InChI=1S/C15H20F2N4O2/c1-11-2-5-18-14(19-11)21-8-9-23-12(10-21)13(22)20-6-3-15(16,17)4-7-20/h2,5,12H,3-4,6-10H2,1H3. The normalized spacial score (nSPS) is 24.6. The van der Waals surface area contributed by atoms with Crippen LogP contribution in [0.15, 0.2) is 12.3 Å². The summed E-state index contributed by atoms with van der Waals surface area (Å²) in [5.41, 5.74) is 0.850. The maximum Gasteiger partial charge on any atom is 0.253 e. The van der Waals surface area contributed by atoms with Gasteiger partial charge in [0.2, 0.25) is 5.95 Å². The Kier molecular flexibility index (Phi) is 4.43. The molecule has 1 aromatic rings. The van der Waals surface area contributed by atoms with Gasteiger partial charge >= 0.3 is 0 Å². The first kappa shape index (κ1) is 16.0. The van der Waals surface area contributed by atoms with Gasteiger partial charge in [-0.15, -0.1) is 0 Å². The first-order valence-electron chi connectivity index (χ1n) is 7.77. The molecule has 8 heteroatoms. The molecule has 3 rings (SSSR count). The van der Waals surface area contributed by atoms with Crippen LogP contribution in [0.4, 0.5) is 14.7 Å². The number of ether oxygens (including phenoxy) is 1. The molecule has 0 radical (unpaired) electrons. The van der Waals surface area contributed by atoms with Crippen LogP contribution < -0.4 is 4.90 Å². The number of piperidine rings is 1. The molecule has 2 fully saturated rings. The molecule has 1 atom stereocenters. The minimum atomic E-state index is -2.66. The largest absolute Gasteiger partial charge is 0.365 e. The molecule has 0 N–H and O–H groups in total. The molecule has 2 saturated heterocycles. The van der Waals surface area contributed by atoms with Crippen molar-refractivity contribution in [3.8, 4) is 0 Å². The number of carbonyl (C=O) groups excluding carboxylic acids is 1. The quantitative estimate of drug-likeness (QED) is 0.819. The Bertz CT molecular complexity index is 574. The molecule has 0 aromatic carbocycles. The van der Waals surface area contributed by atoms with E-state index in [0.29, 0.717) is 25.6 Å². The number of hydrogen-bond donors (Lipinski definition) is 0. The number of nitrogens with zero attached hydrogens (tertiary/aromatic N) is 4. The van der Waals surface area contributed by atoms with Crippen LogP contribution in [0.5, 0.6) is 0 Å². The van der Waals surface area contributed by atoms with Crippen molar-refractivity contribution in [2.45, 2.75) is 31.8 Å². The van der Waals surface area contributed by atoms with Crippen LogP contribution in [0.1, 0.15) is 18.5 Å². The van der Waals surface area contributed by atoms with Gasteiger partial charge in [-0.05, 0) is 13.0 Å². The summed E-state index contributed by atoms with van der Waals surface area (Å²) in [5.74, 6) is -2.32. The second kappa shape index (κ2) is 6.35. The van der Waals surface area contributed by atoms with E-state index in [-0.39, 0.29) is 31.8 Å². The monoisotopic (exact) mass is 326 g/mol. The van der Waals surface area contributed by atoms with E-state index in [2.05, 4.69) is 9.97 Å². The number of halogens is 2. The molecule has 0 spiro atoms. The Labute approximate surface area is 133 Å². The molecule has 0 aliphatic carbocycles. The summed E-state index contributed by atoms with van der Waals surface area (Å²) >= 11 is 0. The summed E-state index contributed by atoms with van der Waals surface area (Å²) in [6.07, 6.45) is 0.461. The van der Waals surface area contributed by atoms with Crippen molar-refractivity contribution < 1.29 is 18.3 Å². The summed E-state index contributed by atoms with van der Waals surface area (Å²) < 4.78 is 32.0. The van der Waals surface area contributed by atoms with E-state index in [1.54, 1.807) is 12.3 Å². The van der Waals surface area contributed by atoms with Crippen molar-refractivity contribution in [2.75, 3.05) is 37.7 Å². The Morgan fingerprint density at radius 1 is 1.35 bits per heavy atom. The number of hydrogen-bond acceptors (Lipinski definition) is 5. The number of carbonyl (C=O) groups is 1. The zero-order valence-electron chi connectivity index (χ0n) is 13.0. The number of aryl methyl sites for hydroxylation is 1. The SMILES string of the molecule is Cc1ccnc(N2CCOC(C(=O)N3CCC(F)(F)CC3)C2)n1. The topological polar surface area (TPSA) is 58.6 Å². The van der Waals surface area contributed by atoms with Crippen LogP contribution in [0.2, 0.25) is 0 Å². The van der Waals surface area contributed by atoms with Crippen molar-refractivity contribution >= 4 is 11.9 Å². The fourth-order valence-electron chi connectivity index (χ4n) is 2.83. The summed E-state index contributed by atoms with van der Waals surface area (Å²) in [7, 11) is 0. The van der Waals surface area contributed by atoms with Gasteiger partial charge in [0.15, 0.2) is 6.10 Å². The highest BCUT2D eigenvalue weighted by molar-refractivity contribution is 5.82. The minimum absolute atomic E-state index is 0.0760. The van der Waals surface area contributed by atoms with E-state index in [1.165, 1.54) is 4.90 Å². The van der Waals surface area contributed by atoms with Gasteiger partial charge < -0.3 is 14.5 Å². The van der Waals surface area contributed by atoms with Crippen LogP contribution in [0, 0.1) is 6.92 Å². The molecule has 1 aromatic heterocycles. The van der Waals surface area contributed by atoms with Gasteiger partial charge in [-0.2, -0.15) is 0 Å². The average molecular weight is 326 g/mol. The Morgan fingerprint density at radius 2 is 2.09 bits per heavy atom. The third-order valence-electron chi connectivity index (χ3n) is 4.21. The summed E-state index contributed by atoms with van der Waals surface area (Å²) in [6.45, 7) is 3.36. The van der Waals surface area contributed by atoms with Crippen LogP contribution in [0.3, 0.4) is 0 Å². The first-order valence-corrected chi connectivity index (χ1v) is 7.77. The zero-order valence-corrected chi connectivity index (χ0v) is 13.0. The predicted molar refractivity (Wildman–Crippen MR) is 79.5 cm³/mol. The Balaban J connectivity index is 1.63. The fourth-order valence-corrected chi connectivity index (χ4v) is 2.83. The number of likely N-dealkylation sites (tertiary alicyclic amines) is 1. The highest BCUT2D eigenvalue weighted by Crippen LogP contribution is 2.28. The predicted octanol–water partition coefficient (Wildman–Crippen LogP) is 1.25. The van der Waals surface area contributed by atoms with Crippen LogP contribution in [-0.2, 0) is 9.53 Å². The molecule has 1 unspecified atom stereocenters. The number of anilines is 1. The zero-order chi connectivity index (χ0) is 16.4. The van der Waals surface area contributed by atoms with E-state index < -0.39 is 12.0 Å². The molecule has 1 amide bonds. The summed E-state index contributed by atoms with van der Waals surface area (Å²) in [4.78, 5) is 24.5. The van der Waals surface area contributed by atoms with E-state index in [4.69, 9.17) is 4.74 Å². The molecule has 3 heterocycles. The highest BCUT2D eigenvalue weighted by atomic mass is 19.3. The molecule has 6 nitrogen and oxygen atoms in total. The molecule has 0 bridgehead atoms. The lowest BCUT2D eigenvalue weighted by molar-refractivity contribution is -0.150. The first-order chi connectivity index (χ1) is 10.9. The Morgan fingerprint density at radius 3 is 2.78 bits per heavy atom. The number of aromatic nitrogens is 2. The maximum absolute atomic E-state index is 13.2. The Hall–Kier alpha value is -1.83. The lowest BCUT2D eigenvalue weighted by Crippen LogP contribution is -2.53. The summed E-state index contributed by atoms with van der Waals surface area (Å²) in [5, 5.41) is 0. The molecule has 2 aliphatic heterocycles. The maximum atomic E-state index is 13.2. The summed E-state index contributed by atoms with van der Waals surface area (Å²) in [6, 6.07) is 1.81. The van der Waals surface area contributed by atoms with Crippen molar-refractivity contribution in [2.24, 2.45) is 0 Å². The van der Waals surface area contributed by atoms with Gasteiger partial charge in [-0.25, -0.2) is 18.7 Å². The van der Waals surface area contributed by atoms with Gasteiger partial charge in [0.05, 0.1) is 13.2 Å². The van der Waals surface area contributed by atoms with Crippen LogP contribution in [0.25, 0.3) is 0 Å². The highest BCUT2D eigenvalue weighted by Gasteiger charge is 2.38. The smallest absolute Gasteiger partial charge is 0.253 e. The average Bonchev–Trinajstić information content (AvgIpc) is 2.54. The lowest BCUT2D eigenvalue weighted by Gasteiger charge is -2.37.